The lowest BCUT2D eigenvalue weighted by atomic mass is 9.96. The van der Waals surface area contributed by atoms with E-state index < -0.39 is 42.4 Å². The molecule has 6 N–H and O–H groups in total. The van der Waals surface area contributed by atoms with Crippen LogP contribution in [0.4, 0.5) is 0 Å². The maximum atomic E-state index is 14.1. The Balaban J connectivity index is 0.00000104. The van der Waals surface area contributed by atoms with Crippen LogP contribution in [0.1, 0.15) is 111 Å². The second-order valence-electron chi connectivity index (χ2n) is 15.8. The molecule has 6 unspecified atom stereocenters. The van der Waals surface area contributed by atoms with Gasteiger partial charge in [-0.3, -0.25) is 14.6 Å². The van der Waals surface area contributed by atoms with Gasteiger partial charge >= 0.3 is 11.9 Å². The quantitative estimate of drug-likeness (QED) is 0.0894. The lowest BCUT2D eigenvalue weighted by molar-refractivity contribution is -0.205. The van der Waals surface area contributed by atoms with Crippen LogP contribution in [-0.2, 0) is 47.9 Å². The predicted molar refractivity (Wildman–Crippen MR) is 252 cm³/mol. The molecule has 8 bridgehead atoms. The molecule has 1 fully saturated rings. The summed E-state index contributed by atoms with van der Waals surface area (Å²) < 4.78 is 15.2. The van der Waals surface area contributed by atoms with Gasteiger partial charge in [0.1, 0.15) is 29.9 Å². The number of aliphatic hydroxyl groups excluding tert-OH is 4. The number of aryl methyl sites for hydroxylation is 3. The van der Waals surface area contributed by atoms with Gasteiger partial charge in [-0.1, -0.05) is 47.3 Å². The molecule has 350 valence electrons. The van der Waals surface area contributed by atoms with Crippen molar-refractivity contribution in [2.45, 2.75) is 123 Å². The highest BCUT2D eigenvalue weighted by molar-refractivity contribution is 7.99. The number of aromatic amines is 2. The second-order valence-corrected chi connectivity index (χ2v) is 17.0. The fourth-order valence-corrected chi connectivity index (χ4v) is 9.04. The van der Waals surface area contributed by atoms with Crippen molar-refractivity contribution in [2.75, 3.05) is 40.2 Å². The molecular weight excluding hydrogens is 839 g/mol. The number of thioether (sulfide) groups is 1. The van der Waals surface area contributed by atoms with E-state index in [0.717, 1.165) is 56.4 Å². The van der Waals surface area contributed by atoms with Crippen molar-refractivity contribution in [1.29, 1.82) is 0 Å². The summed E-state index contributed by atoms with van der Waals surface area (Å²) in [6.07, 6.45) is -1.09. The van der Waals surface area contributed by atoms with Crippen molar-refractivity contribution in [1.82, 2.24) is 24.8 Å². The monoisotopic (exact) mass is 905 g/mol. The van der Waals surface area contributed by atoms with Gasteiger partial charge in [0, 0.05) is 70.5 Å². The van der Waals surface area contributed by atoms with E-state index in [4.69, 9.17) is 19.4 Å². The Kier molecular flexibility index (Phi) is 18.9. The van der Waals surface area contributed by atoms with Crippen LogP contribution in [0, 0.1) is 13.8 Å². The zero-order valence-electron chi connectivity index (χ0n) is 39.1. The van der Waals surface area contributed by atoms with Gasteiger partial charge in [-0.2, -0.15) is 0 Å². The maximum Gasteiger partial charge on any atom is 0.340 e. The summed E-state index contributed by atoms with van der Waals surface area (Å²) in [7, 11) is 4.43. The molecule has 1 saturated heterocycles. The van der Waals surface area contributed by atoms with Crippen molar-refractivity contribution >= 4 is 68.9 Å². The number of amides is 1. The second kappa shape index (κ2) is 23.4. The summed E-state index contributed by atoms with van der Waals surface area (Å²) in [5, 5.41) is 40.2. The molecule has 0 aliphatic carbocycles. The molecule has 6 rings (SSSR count). The number of aliphatic hydroxyl groups is 4. The Morgan fingerprint density at radius 3 is 2.20 bits per heavy atom. The number of ether oxygens (including phenoxy) is 3. The predicted octanol–water partition coefficient (Wildman–Crippen LogP) is 6.11. The number of aromatic nitrogens is 4. The largest absolute Gasteiger partial charge is 0.469 e. The number of fused-ring (bicyclic) bond motifs is 8. The zero-order chi connectivity index (χ0) is 47.6. The highest BCUT2D eigenvalue weighted by Crippen LogP contribution is 2.37. The highest BCUT2D eigenvalue weighted by Gasteiger charge is 2.43. The SMILES string of the molecule is C=Cc1c(C)c2cc3nc(c(CC(=O)N(C)CCCSC4OC(CO)C(O)C(O)C4O)c4nc(cc5[nH]c(cc1[nH]2)c(C)c5CC)C(C)=C4C(=O)OC)CC3C.CC.CCC(=O)OC. The average Bonchev–Trinajstić information content (AvgIpc) is 4.01. The van der Waals surface area contributed by atoms with E-state index in [1.807, 2.05) is 32.9 Å². The molecule has 6 atom stereocenters. The molecule has 0 radical (unpaired) electrons. The third-order valence-electron chi connectivity index (χ3n) is 11.8. The summed E-state index contributed by atoms with van der Waals surface area (Å²) in [6, 6.07) is 6.12. The van der Waals surface area contributed by atoms with E-state index in [9.17, 15) is 34.8 Å². The van der Waals surface area contributed by atoms with Crippen LogP contribution in [0.15, 0.2) is 24.8 Å². The lowest BCUT2D eigenvalue weighted by Crippen LogP contribution is -2.57. The van der Waals surface area contributed by atoms with Crippen molar-refractivity contribution in [3.05, 3.63) is 75.4 Å². The van der Waals surface area contributed by atoms with Crippen LogP contribution in [-0.4, -0.2) is 133 Å². The number of likely N-dealkylation sites (N-methyl/N-ethyl adjacent to an activating group) is 1. The van der Waals surface area contributed by atoms with Crippen LogP contribution in [0.5, 0.6) is 0 Å². The van der Waals surface area contributed by atoms with Gasteiger partial charge in [-0.25, -0.2) is 9.78 Å². The number of nitrogens with zero attached hydrogens (tertiary/aromatic N) is 3. The van der Waals surface area contributed by atoms with E-state index in [2.05, 4.69) is 61.1 Å². The number of hydrogen-bond acceptors (Lipinski definition) is 13. The minimum absolute atomic E-state index is 0.00818. The molecule has 3 aromatic rings. The highest BCUT2D eigenvalue weighted by atomic mass is 32.2. The van der Waals surface area contributed by atoms with Crippen LogP contribution < -0.4 is 0 Å². The molecule has 6 heterocycles. The van der Waals surface area contributed by atoms with Gasteiger partial charge < -0.3 is 49.5 Å². The van der Waals surface area contributed by atoms with Gasteiger partial charge in [-0.05, 0) is 86.2 Å². The Morgan fingerprint density at radius 2 is 1.61 bits per heavy atom. The van der Waals surface area contributed by atoms with Gasteiger partial charge in [-0.15, -0.1) is 11.8 Å². The molecule has 16 heteroatoms. The fourth-order valence-electron chi connectivity index (χ4n) is 7.94. The third kappa shape index (κ3) is 11.3. The summed E-state index contributed by atoms with van der Waals surface area (Å²) in [6.45, 7) is 19.9. The van der Waals surface area contributed by atoms with Crippen LogP contribution >= 0.6 is 11.8 Å². The number of esters is 2. The Hall–Kier alpha value is -4.84. The molecule has 64 heavy (non-hydrogen) atoms. The van der Waals surface area contributed by atoms with Crippen molar-refractivity contribution in [3.63, 3.8) is 0 Å². The van der Waals surface area contributed by atoms with E-state index in [-0.39, 0.29) is 24.2 Å². The topological polar surface area (TPSA) is 220 Å². The van der Waals surface area contributed by atoms with Crippen molar-refractivity contribution < 1.29 is 49.0 Å². The molecule has 3 aliphatic rings. The van der Waals surface area contributed by atoms with Gasteiger partial charge in [0.05, 0.1) is 44.2 Å². The number of carbonyl (C=O) groups excluding carboxylic acids is 3. The summed E-state index contributed by atoms with van der Waals surface area (Å²) in [4.78, 5) is 56.7. The third-order valence-corrected chi connectivity index (χ3v) is 13.0. The van der Waals surface area contributed by atoms with Gasteiger partial charge in [0.15, 0.2) is 0 Å². The van der Waals surface area contributed by atoms with Crippen molar-refractivity contribution in [3.8, 4) is 0 Å². The van der Waals surface area contributed by atoms with E-state index in [1.54, 1.807) is 18.9 Å². The average molecular weight is 906 g/mol. The number of nitrogens with one attached hydrogen (secondary N) is 2. The number of rotatable bonds is 12. The van der Waals surface area contributed by atoms with E-state index in [1.165, 1.54) is 26.0 Å². The molecule has 3 aliphatic heterocycles. The normalized spacial score (nSPS) is 20.4. The minimum Gasteiger partial charge on any atom is -0.469 e. The van der Waals surface area contributed by atoms with E-state index in [0.29, 0.717) is 65.4 Å². The first-order valence-electron chi connectivity index (χ1n) is 21.9. The fraction of sp³-hybridized carbons (Fsp3) is 0.521. The van der Waals surface area contributed by atoms with Crippen LogP contribution in [0.3, 0.4) is 0 Å². The molecule has 1 amide bonds. The van der Waals surface area contributed by atoms with E-state index >= 15 is 0 Å². The first kappa shape index (κ1) is 51.8. The molecular formula is C48H67N5O10S. The van der Waals surface area contributed by atoms with Gasteiger partial charge in [0.2, 0.25) is 5.91 Å². The lowest BCUT2D eigenvalue weighted by Gasteiger charge is -2.39. The first-order chi connectivity index (χ1) is 30.5. The summed E-state index contributed by atoms with van der Waals surface area (Å²) >= 11 is 1.24. The summed E-state index contributed by atoms with van der Waals surface area (Å²) in [5.74, 6) is -0.429. The number of allylic oxidation sites excluding steroid dienone is 1. The number of methoxy groups -OCH3 is 2. The maximum absolute atomic E-state index is 14.1. The number of hydrogen-bond donors (Lipinski definition) is 6. The summed E-state index contributed by atoms with van der Waals surface area (Å²) in [5.41, 5.74) is 11.1. The molecule has 0 aromatic carbocycles. The molecule has 3 aromatic heterocycles. The van der Waals surface area contributed by atoms with Crippen LogP contribution in [0.2, 0.25) is 0 Å². The Morgan fingerprint density at radius 1 is 0.938 bits per heavy atom. The smallest absolute Gasteiger partial charge is 0.340 e. The van der Waals surface area contributed by atoms with Gasteiger partial charge in [0.25, 0.3) is 0 Å². The standard InChI is InChI=1S/C42H53N5O8S.C4H8O2.C2H6/c1-9-24-21(4)28-16-27-20(3)14-31(43-27)26(15-35(49)47(7)12-11-13-56-42-40(52)39(51)38(50)34(19-48)55-42)37-36(41(53)54-8)23(6)30(46-37)18-33-25(10-2)22(5)29(45-33)17-32(24)44-28;1-3-4(5)6-2;1-2/h9,16-18,20,34,38-40,42,44-45,48,50-52H,1,10-15,19H2,2-8H3;3H2,1-2H3;1-2H3. The van der Waals surface area contributed by atoms with Crippen LogP contribution in [0.25, 0.3) is 39.3 Å². The minimum atomic E-state index is -1.45. The zero-order valence-corrected chi connectivity index (χ0v) is 39.9. The Bertz CT molecular complexity index is 2360. The molecule has 0 saturated carbocycles. The first-order valence-corrected chi connectivity index (χ1v) is 23.0. The van der Waals surface area contributed by atoms with Crippen molar-refractivity contribution in [2.24, 2.45) is 0 Å². The molecule has 15 nitrogen and oxygen atoms in total. The number of H-pyrrole nitrogens is 2. The number of carbonyl (C=O) groups is 3. The Labute approximate surface area is 380 Å². The molecule has 0 spiro atoms.